The average Bonchev–Trinajstić information content (AvgIpc) is 2.90. The summed E-state index contributed by atoms with van der Waals surface area (Å²) in [4.78, 5) is 24.7. The largest absolute Gasteiger partial charge is 0.493 e. The van der Waals surface area contributed by atoms with Gasteiger partial charge in [0.15, 0.2) is 0 Å². The molecule has 4 rings (SSSR count). The van der Waals surface area contributed by atoms with Crippen LogP contribution in [0.4, 0.5) is 0 Å². The fourth-order valence-corrected chi connectivity index (χ4v) is 5.45. The number of carboxylic acid groups (broad SMARTS) is 1. The number of aromatic nitrogens is 1. The van der Waals surface area contributed by atoms with Gasteiger partial charge in [-0.1, -0.05) is 18.2 Å². The van der Waals surface area contributed by atoms with Crippen molar-refractivity contribution in [2.75, 3.05) is 13.2 Å². The molecule has 206 valence electrons. The summed E-state index contributed by atoms with van der Waals surface area (Å²) in [5.41, 5.74) is 9.67. The van der Waals surface area contributed by atoms with Crippen molar-refractivity contribution < 1.29 is 19.2 Å². The second-order valence-electron chi connectivity index (χ2n) is 10.5. The standard InChI is InChI=1S/C31H38N4O4/c1-21-8-6-9-22(2)34(21)15-4-3-5-16-35-28-20-26(39-17-14-29(36)37)13-12-24(28)19-27(31(35)38)23-10-7-11-25(18-23)30(32)33/h7,10-13,18-21H,3-6,8-9,14-17H2,1-2H3,(H3-,32,33,36,37)/p+1/t21-/m1/s1. The van der Waals surface area contributed by atoms with E-state index in [1.54, 1.807) is 28.8 Å². The summed E-state index contributed by atoms with van der Waals surface area (Å²) in [6, 6.07) is 15.2. The number of nitrogens with two attached hydrogens (primary N) is 1. The number of carbonyl (C=O) groups is 1. The number of carboxylic acids is 1. The molecule has 8 heteroatoms. The van der Waals surface area contributed by atoms with Crippen LogP contribution in [-0.2, 0) is 11.3 Å². The van der Waals surface area contributed by atoms with E-state index in [2.05, 4.69) is 18.4 Å². The minimum atomic E-state index is -0.920. The Labute approximate surface area is 229 Å². The molecule has 0 radical (unpaired) electrons. The minimum absolute atomic E-state index is 0.0448. The maximum atomic E-state index is 13.8. The third kappa shape index (κ3) is 6.93. The molecule has 0 fully saturated rings. The van der Waals surface area contributed by atoms with Crippen molar-refractivity contribution in [1.82, 2.24) is 4.57 Å². The fraction of sp³-hybridized carbons (Fsp3) is 0.419. The second kappa shape index (κ2) is 12.7. The number of rotatable bonds is 12. The van der Waals surface area contributed by atoms with Crippen molar-refractivity contribution in [3.63, 3.8) is 0 Å². The van der Waals surface area contributed by atoms with Crippen LogP contribution in [0.3, 0.4) is 0 Å². The molecule has 1 aliphatic rings. The molecule has 0 saturated heterocycles. The number of unbranched alkanes of at least 4 members (excludes halogenated alkanes) is 2. The Morgan fingerprint density at radius 2 is 2.00 bits per heavy atom. The van der Waals surface area contributed by atoms with Gasteiger partial charge in [0.05, 0.1) is 18.5 Å². The van der Waals surface area contributed by atoms with Crippen LogP contribution < -0.4 is 16.0 Å². The lowest BCUT2D eigenvalue weighted by Gasteiger charge is -2.19. The number of ether oxygens (including phenoxy) is 1. The molecular formula is C31H39N4O4+. The Morgan fingerprint density at radius 1 is 1.18 bits per heavy atom. The number of nitrogens with zero attached hydrogens (tertiary/aromatic N) is 2. The second-order valence-corrected chi connectivity index (χ2v) is 10.5. The number of hydrogen-bond acceptors (Lipinski definition) is 4. The van der Waals surface area contributed by atoms with Crippen LogP contribution >= 0.6 is 0 Å². The predicted molar refractivity (Wildman–Crippen MR) is 155 cm³/mol. The third-order valence-electron chi connectivity index (χ3n) is 7.60. The number of nitrogen functional groups attached to an aromatic ring is 1. The Balaban J connectivity index is 1.61. The summed E-state index contributed by atoms with van der Waals surface area (Å²) < 4.78 is 10.0. The summed E-state index contributed by atoms with van der Waals surface area (Å²) in [5, 5.41) is 17.6. The highest BCUT2D eigenvalue weighted by molar-refractivity contribution is 5.96. The van der Waals surface area contributed by atoms with Gasteiger partial charge in [-0.15, -0.1) is 0 Å². The van der Waals surface area contributed by atoms with Gasteiger partial charge < -0.3 is 20.1 Å². The van der Waals surface area contributed by atoms with E-state index in [1.807, 2.05) is 24.3 Å². The first-order valence-corrected chi connectivity index (χ1v) is 13.8. The van der Waals surface area contributed by atoms with E-state index in [4.69, 9.17) is 21.0 Å². The molecule has 2 heterocycles. The van der Waals surface area contributed by atoms with Crippen LogP contribution in [0.5, 0.6) is 5.75 Å². The van der Waals surface area contributed by atoms with E-state index < -0.39 is 5.97 Å². The summed E-state index contributed by atoms with van der Waals surface area (Å²) in [5.74, 6) is -0.429. The molecule has 0 aliphatic carbocycles. The maximum Gasteiger partial charge on any atom is 0.306 e. The monoisotopic (exact) mass is 531 g/mol. The van der Waals surface area contributed by atoms with Crippen molar-refractivity contribution in [3.8, 4) is 16.9 Å². The van der Waals surface area contributed by atoms with Crippen LogP contribution in [0.25, 0.3) is 22.0 Å². The van der Waals surface area contributed by atoms with Crippen molar-refractivity contribution in [1.29, 1.82) is 5.41 Å². The number of amidine groups is 1. The normalized spacial score (nSPS) is 15.5. The lowest BCUT2D eigenvalue weighted by Crippen LogP contribution is -2.33. The Bertz CT molecular complexity index is 1460. The smallest absolute Gasteiger partial charge is 0.306 e. The van der Waals surface area contributed by atoms with E-state index in [9.17, 15) is 9.59 Å². The maximum absolute atomic E-state index is 13.8. The fourth-order valence-electron chi connectivity index (χ4n) is 5.45. The molecule has 0 amide bonds. The molecule has 3 aromatic rings. The quantitative estimate of drug-likeness (QED) is 0.131. The zero-order valence-electron chi connectivity index (χ0n) is 22.9. The number of nitrogens with one attached hydrogen (secondary N) is 1. The van der Waals surface area contributed by atoms with Crippen LogP contribution in [0, 0.1) is 5.41 Å². The van der Waals surface area contributed by atoms with E-state index in [-0.39, 0.29) is 24.4 Å². The van der Waals surface area contributed by atoms with E-state index in [0.29, 0.717) is 29.5 Å². The first kappa shape index (κ1) is 28.1. The average molecular weight is 532 g/mol. The zero-order chi connectivity index (χ0) is 27.9. The summed E-state index contributed by atoms with van der Waals surface area (Å²) in [7, 11) is 0. The SMILES string of the molecule is CC1=[N+](CCCCCn2c(=O)c(-c3cccc(C(=N)N)c3)cc3ccc(OCCC(=O)O)cc32)[C@H](C)CCC1. The zero-order valence-corrected chi connectivity index (χ0v) is 22.9. The molecule has 4 N–H and O–H groups in total. The molecule has 39 heavy (non-hydrogen) atoms. The number of benzene rings is 2. The van der Waals surface area contributed by atoms with Crippen molar-refractivity contribution in [2.45, 2.75) is 71.4 Å². The Kier molecular flexibility index (Phi) is 9.17. The topological polar surface area (TPSA) is 121 Å². The molecular weight excluding hydrogens is 492 g/mol. The molecule has 0 unspecified atom stereocenters. The van der Waals surface area contributed by atoms with Gasteiger partial charge in [0, 0.05) is 49.9 Å². The van der Waals surface area contributed by atoms with Gasteiger partial charge in [0.25, 0.3) is 5.56 Å². The highest BCUT2D eigenvalue weighted by atomic mass is 16.5. The summed E-state index contributed by atoms with van der Waals surface area (Å²) >= 11 is 0. The van der Waals surface area contributed by atoms with Gasteiger partial charge in [0.1, 0.15) is 29.9 Å². The molecule has 1 aliphatic heterocycles. The number of pyridine rings is 1. The first-order chi connectivity index (χ1) is 18.7. The lowest BCUT2D eigenvalue weighted by molar-refractivity contribution is -0.569. The van der Waals surface area contributed by atoms with Crippen molar-refractivity contribution in [3.05, 3.63) is 64.4 Å². The van der Waals surface area contributed by atoms with Crippen molar-refractivity contribution >= 4 is 28.4 Å². The molecule has 0 spiro atoms. The molecule has 1 atom stereocenters. The molecule has 0 bridgehead atoms. The predicted octanol–water partition coefficient (Wildman–Crippen LogP) is 5.02. The summed E-state index contributed by atoms with van der Waals surface area (Å²) in [6.45, 7) is 6.21. The van der Waals surface area contributed by atoms with E-state index >= 15 is 0 Å². The molecule has 8 nitrogen and oxygen atoms in total. The van der Waals surface area contributed by atoms with Crippen LogP contribution in [0.1, 0.15) is 64.4 Å². The number of hydrogen-bond donors (Lipinski definition) is 3. The highest BCUT2D eigenvalue weighted by Gasteiger charge is 2.23. The lowest BCUT2D eigenvalue weighted by atomic mass is 10.0. The van der Waals surface area contributed by atoms with Gasteiger partial charge in [-0.3, -0.25) is 15.0 Å². The van der Waals surface area contributed by atoms with Gasteiger partial charge in [-0.05, 0) is 61.4 Å². The molecule has 1 aromatic heterocycles. The number of aliphatic carboxylic acids is 1. The molecule has 2 aromatic carbocycles. The van der Waals surface area contributed by atoms with E-state index in [1.165, 1.54) is 25.0 Å². The Hall–Kier alpha value is -3.94. The first-order valence-electron chi connectivity index (χ1n) is 13.8. The van der Waals surface area contributed by atoms with Crippen LogP contribution in [0.2, 0.25) is 0 Å². The van der Waals surface area contributed by atoms with E-state index in [0.717, 1.165) is 42.3 Å². The van der Waals surface area contributed by atoms with Crippen molar-refractivity contribution in [2.24, 2.45) is 5.73 Å². The van der Waals surface area contributed by atoms with Gasteiger partial charge in [-0.25, -0.2) is 4.58 Å². The molecule has 0 saturated carbocycles. The van der Waals surface area contributed by atoms with Gasteiger partial charge in [-0.2, -0.15) is 0 Å². The van der Waals surface area contributed by atoms with Crippen LogP contribution in [-0.4, -0.2) is 51.0 Å². The van der Waals surface area contributed by atoms with Crippen LogP contribution in [0.15, 0.2) is 53.3 Å². The van der Waals surface area contributed by atoms with Gasteiger partial charge in [0.2, 0.25) is 0 Å². The number of aryl methyl sites for hydroxylation is 1. The summed E-state index contributed by atoms with van der Waals surface area (Å²) in [6.07, 6.45) is 6.53. The number of fused-ring (bicyclic) bond motifs is 1. The minimum Gasteiger partial charge on any atom is -0.493 e. The Morgan fingerprint density at radius 3 is 2.74 bits per heavy atom. The highest BCUT2D eigenvalue weighted by Crippen LogP contribution is 2.26. The third-order valence-corrected chi connectivity index (χ3v) is 7.60. The van der Waals surface area contributed by atoms with Gasteiger partial charge >= 0.3 is 5.97 Å².